The van der Waals surface area contributed by atoms with E-state index in [4.69, 9.17) is 9.47 Å². The summed E-state index contributed by atoms with van der Waals surface area (Å²) in [5.41, 5.74) is 6.30. The van der Waals surface area contributed by atoms with Gasteiger partial charge in [0.25, 0.3) is 0 Å². The number of nitrogens with one attached hydrogen (secondary N) is 1. The third-order valence-electron chi connectivity index (χ3n) is 4.32. The van der Waals surface area contributed by atoms with E-state index in [-0.39, 0.29) is 11.7 Å². The van der Waals surface area contributed by atoms with Crippen LogP contribution in [0.4, 0.5) is 0 Å². The number of hydrazone groups is 1. The van der Waals surface area contributed by atoms with Crippen molar-refractivity contribution in [3.05, 3.63) is 59.3 Å². The minimum absolute atomic E-state index is 0.191. The molecule has 1 amide bonds. The first-order valence-electron chi connectivity index (χ1n) is 9.06. The van der Waals surface area contributed by atoms with Gasteiger partial charge >= 0.3 is 0 Å². The van der Waals surface area contributed by atoms with Crippen molar-refractivity contribution in [3.63, 3.8) is 0 Å². The van der Waals surface area contributed by atoms with Crippen LogP contribution in [-0.4, -0.2) is 37.1 Å². The quantitative estimate of drug-likeness (QED) is 0.361. The van der Waals surface area contributed by atoms with E-state index in [1.165, 1.54) is 11.8 Å². The fraction of sp³-hybridized carbons (Fsp3) is 0.227. The molecule has 1 heterocycles. The van der Waals surface area contributed by atoms with Crippen molar-refractivity contribution in [2.75, 3.05) is 20.0 Å². The minimum Gasteiger partial charge on any atom is -0.493 e. The van der Waals surface area contributed by atoms with E-state index in [0.29, 0.717) is 17.1 Å². The average molecular weight is 410 g/mol. The van der Waals surface area contributed by atoms with E-state index >= 15 is 0 Å². The van der Waals surface area contributed by atoms with Crippen molar-refractivity contribution in [2.45, 2.75) is 18.7 Å². The first kappa shape index (κ1) is 20.7. The zero-order valence-electron chi connectivity index (χ0n) is 16.9. The molecule has 0 aliphatic rings. The maximum absolute atomic E-state index is 12.3. The predicted molar refractivity (Wildman–Crippen MR) is 117 cm³/mol. The van der Waals surface area contributed by atoms with E-state index in [0.717, 1.165) is 27.1 Å². The number of thioether (sulfide) groups is 1. The third kappa shape index (κ3) is 4.86. The number of hydrogen-bond donors (Lipinski definition) is 1. The zero-order chi connectivity index (χ0) is 20.8. The maximum Gasteiger partial charge on any atom is 0.250 e. The number of nitrogens with zero attached hydrogens (tertiary/aromatic N) is 2. The molecule has 0 bridgehead atoms. The van der Waals surface area contributed by atoms with Gasteiger partial charge in [0.15, 0.2) is 11.5 Å². The van der Waals surface area contributed by atoms with Gasteiger partial charge in [-0.3, -0.25) is 9.78 Å². The van der Waals surface area contributed by atoms with Crippen molar-refractivity contribution in [1.82, 2.24) is 10.4 Å². The second kappa shape index (κ2) is 9.43. The van der Waals surface area contributed by atoms with E-state index in [1.54, 1.807) is 26.5 Å². The number of carbonyl (C=O) groups excluding carboxylic acids is 1. The van der Waals surface area contributed by atoms with Crippen LogP contribution in [0.15, 0.2) is 52.5 Å². The van der Waals surface area contributed by atoms with Gasteiger partial charge in [-0.05, 0) is 37.6 Å². The lowest BCUT2D eigenvalue weighted by molar-refractivity contribution is -0.118. The van der Waals surface area contributed by atoms with Crippen LogP contribution in [0.5, 0.6) is 11.5 Å². The molecule has 0 fully saturated rings. The van der Waals surface area contributed by atoms with Crippen LogP contribution in [0.1, 0.15) is 16.8 Å². The summed E-state index contributed by atoms with van der Waals surface area (Å²) in [6.07, 6.45) is 1.54. The standard InChI is InChI=1S/C22H23N3O3S/c1-14-7-5-9-17-19(11-15(2)24-21(14)17)29-13-20(26)25-23-12-16-8-6-10-18(27-3)22(16)28-4/h5-12H,13H2,1-4H3,(H,25,26)/b23-12-. The number of pyridine rings is 1. The molecule has 1 N–H and O–H groups in total. The van der Waals surface area contributed by atoms with Gasteiger partial charge in [0.05, 0.1) is 31.7 Å². The lowest BCUT2D eigenvalue weighted by atomic mass is 10.1. The third-order valence-corrected chi connectivity index (χ3v) is 5.37. The number of para-hydroxylation sites is 2. The van der Waals surface area contributed by atoms with Crippen molar-refractivity contribution in [3.8, 4) is 11.5 Å². The molecule has 29 heavy (non-hydrogen) atoms. The van der Waals surface area contributed by atoms with Crippen molar-refractivity contribution >= 4 is 34.8 Å². The molecular weight excluding hydrogens is 386 g/mol. The Morgan fingerprint density at radius 2 is 1.97 bits per heavy atom. The molecule has 6 nitrogen and oxygen atoms in total. The number of fused-ring (bicyclic) bond motifs is 1. The highest BCUT2D eigenvalue weighted by molar-refractivity contribution is 8.00. The molecule has 2 aromatic carbocycles. The highest BCUT2D eigenvalue weighted by Gasteiger charge is 2.10. The molecule has 3 aromatic rings. The van der Waals surface area contributed by atoms with E-state index in [1.807, 2.05) is 50.2 Å². The number of hydrogen-bond acceptors (Lipinski definition) is 6. The predicted octanol–water partition coefficient (Wildman–Crippen LogP) is 4.11. The van der Waals surface area contributed by atoms with Crippen LogP contribution in [0.25, 0.3) is 10.9 Å². The summed E-state index contributed by atoms with van der Waals surface area (Å²) < 4.78 is 10.6. The van der Waals surface area contributed by atoms with Gasteiger partial charge in [0.2, 0.25) is 5.91 Å². The normalized spacial score (nSPS) is 11.0. The Hall–Kier alpha value is -3.06. The lowest BCUT2D eigenvalue weighted by Gasteiger charge is -2.10. The number of ether oxygens (including phenoxy) is 2. The number of methoxy groups -OCH3 is 2. The molecule has 150 valence electrons. The number of amides is 1. The van der Waals surface area contributed by atoms with Gasteiger partial charge in [-0.1, -0.05) is 24.3 Å². The summed E-state index contributed by atoms with van der Waals surface area (Å²) in [6.45, 7) is 4.00. The molecule has 0 unspecified atom stereocenters. The SMILES string of the molecule is COc1cccc(/C=N\NC(=O)CSc2cc(C)nc3c(C)cccc23)c1OC. The Bertz CT molecular complexity index is 1070. The van der Waals surface area contributed by atoms with Crippen molar-refractivity contribution < 1.29 is 14.3 Å². The fourth-order valence-electron chi connectivity index (χ4n) is 2.96. The Balaban J connectivity index is 1.67. The summed E-state index contributed by atoms with van der Waals surface area (Å²) in [6, 6.07) is 13.5. The second-order valence-corrected chi connectivity index (χ2v) is 7.41. The molecule has 0 saturated carbocycles. The van der Waals surface area contributed by atoms with Gasteiger partial charge in [-0.2, -0.15) is 5.10 Å². The summed E-state index contributed by atoms with van der Waals surface area (Å²) in [5, 5.41) is 5.10. The van der Waals surface area contributed by atoms with Gasteiger partial charge in [0, 0.05) is 21.5 Å². The Morgan fingerprint density at radius 1 is 1.17 bits per heavy atom. The highest BCUT2D eigenvalue weighted by atomic mass is 32.2. The molecule has 0 spiro atoms. The molecule has 0 atom stereocenters. The molecule has 0 saturated heterocycles. The van der Waals surface area contributed by atoms with Crippen molar-refractivity contribution in [1.29, 1.82) is 0 Å². The Kier molecular flexibility index (Phi) is 6.72. The van der Waals surface area contributed by atoms with Crippen LogP contribution in [0.2, 0.25) is 0 Å². The Labute approximate surface area is 174 Å². The number of aryl methyl sites for hydroxylation is 2. The van der Waals surface area contributed by atoms with E-state index < -0.39 is 0 Å². The first-order valence-corrected chi connectivity index (χ1v) is 10.0. The number of aromatic nitrogens is 1. The van der Waals surface area contributed by atoms with Crippen molar-refractivity contribution in [2.24, 2.45) is 5.10 Å². The highest BCUT2D eigenvalue weighted by Crippen LogP contribution is 2.30. The molecule has 7 heteroatoms. The van der Waals surface area contributed by atoms with Crippen LogP contribution < -0.4 is 14.9 Å². The van der Waals surface area contributed by atoms with Gasteiger partial charge in [0.1, 0.15) is 0 Å². The molecule has 0 aliphatic heterocycles. The number of rotatable bonds is 7. The summed E-state index contributed by atoms with van der Waals surface area (Å²) >= 11 is 1.47. The fourth-order valence-corrected chi connectivity index (χ4v) is 3.89. The van der Waals surface area contributed by atoms with Gasteiger partial charge < -0.3 is 9.47 Å². The summed E-state index contributed by atoms with van der Waals surface area (Å²) in [7, 11) is 3.14. The largest absolute Gasteiger partial charge is 0.493 e. The van der Waals surface area contributed by atoms with Crippen LogP contribution in [0, 0.1) is 13.8 Å². The topological polar surface area (TPSA) is 72.8 Å². The molecule has 1 aromatic heterocycles. The summed E-state index contributed by atoms with van der Waals surface area (Å²) in [4.78, 5) is 17.9. The van der Waals surface area contributed by atoms with Gasteiger partial charge in [-0.15, -0.1) is 11.8 Å². The minimum atomic E-state index is -0.191. The maximum atomic E-state index is 12.3. The monoisotopic (exact) mass is 409 g/mol. The van der Waals surface area contributed by atoms with Gasteiger partial charge in [-0.25, -0.2) is 5.43 Å². The molecule has 0 aliphatic carbocycles. The lowest BCUT2D eigenvalue weighted by Crippen LogP contribution is -2.19. The van der Waals surface area contributed by atoms with Crippen LogP contribution in [-0.2, 0) is 4.79 Å². The Morgan fingerprint density at radius 3 is 2.72 bits per heavy atom. The number of carbonyl (C=O) groups is 1. The zero-order valence-corrected chi connectivity index (χ0v) is 17.7. The molecule has 0 radical (unpaired) electrons. The van der Waals surface area contributed by atoms with E-state index in [2.05, 4.69) is 15.5 Å². The molecule has 3 rings (SSSR count). The van der Waals surface area contributed by atoms with Crippen LogP contribution in [0.3, 0.4) is 0 Å². The second-order valence-electron chi connectivity index (χ2n) is 6.40. The smallest absolute Gasteiger partial charge is 0.250 e. The molecular formula is C22H23N3O3S. The summed E-state index contributed by atoms with van der Waals surface area (Å²) in [5.74, 6) is 1.23. The average Bonchev–Trinajstić information content (AvgIpc) is 2.72. The van der Waals surface area contributed by atoms with Crippen LogP contribution >= 0.6 is 11.8 Å². The van der Waals surface area contributed by atoms with E-state index in [9.17, 15) is 4.79 Å². The first-order chi connectivity index (χ1) is 14.0. The number of benzene rings is 2.